The first-order chi connectivity index (χ1) is 14.6. The molecule has 30 heavy (non-hydrogen) atoms. The third kappa shape index (κ3) is 3.83. The van der Waals surface area contributed by atoms with Crippen LogP contribution in [0.5, 0.6) is 5.75 Å². The van der Waals surface area contributed by atoms with Crippen molar-refractivity contribution in [3.05, 3.63) is 70.6 Å². The number of amides is 1. The van der Waals surface area contributed by atoms with E-state index in [2.05, 4.69) is 17.1 Å². The maximum absolute atomic E-state index is 13.1. The molecule has 1 atom stereocenters. The number of aromatic nitrogens is 1. The first-order valence-electron chi connectivity index (χ1n) is 10.4. The average Bonchev–Trinajstić information content (AvgIpc) is 3.26. The molecule has 6 heteroatoms. The van der Waals surface area contributed by atoms with E-state index in [1.807, 2.05) is 30.3 Å². The summed E-state index contributed by atoms with van der Waals surface area (Å²) < 4.78 is 6.74. The molecule has 1 N–H and O–H groups in total. The summed E-state index contributed by atoms with van der Waals surface area (Å²) in [6.45, 7) is 4.84. The van der Waals surface area contributed by atoms with E-state index in [0.29, 0.717) is 40.4 Å². The maximum Gasteiger partial charge on any atom is 0.262 e. The second-order valence-electron chi connectivity index (χ2n) is 7.60. The number of nitrogens with one attached hydrogen (secondary N) is 1. The van der Waals surface area contributed by atoms with Crippen molar-refractivity contribution in [1.82, 2.24) is 14.8 Å². The maximum atomic E-state index is 13.1. The Morgan fingerprint density at radius 3 is 2.57 bits per heavy atom. The molecule has 1 aromatic heterocycles. The van der Waals surface area contributed by atoms with Crippen molar-refractivity contribution in [2.24, 2.45) is 0 Å². The Morgan fingerprint density at radius 2 is 1.87 bits per heavy atom. The number of fused-ring (bicyclic) bond motifs is 1. The smallest absolute Gasteiger partial charge is 0.262 e. The summed E-state index contributed by atoms with van der Waals surface area (Å²) in [6.07, 6.45) is 3.91. The van der Waals surface area contributed by atoms with Gasteiger partial charge in [0.1, 0.15) is 5.75 Å². The fourth-order valence-corrected chi connectivity index (χ4v) is 4.26. The number of likely N-dealkylation sites (N-methyl/N-ethyl adjacent to an activating group) is 1. The molecular weight excluding hydrogens is 378 g/mol. The Balaban J connectivity index is 1.70. The van der Waals surface area contributed by atoms with Crippen molar-refractivity contribution in [3.63, 3.8) is 0 Å². The van der Waals surface area contributed by atoms with Gasteiger partial charge < -0.3 is 10.1 Å². The Morgan fingerprint density at radius 1 is 1.13 bits per heavy atom. The molecule has 3 aromatic rings. The number of likely N-dealkylation sites (tertiary alicyclic amines) is 1. The van der Waals surface area contributed by atoms with Crippen LogP contribution < -0.4 is 15.6 Å². The lowest BCUT2D eigenvalue weighted by atomic mass is 10.1. The molecule has 0 spiro atoms. The van der Waals surface area contributed by atoms with E-state index >= 15 is 0 Å². The van der Waals surface area contributed by atoms with E-state index in [9.17, 15) is 9.59 Å². The molecule has 4 rings (SSSR count). The van der Waals surface area contributed by atoms with Crippen molar-refractivity contribution in [3.8, 4) is 11.4 Å². The van der Waals surface area contributed by atoms with E-state index in [-0.39, 0.29) is 11.5 Å². The van der Waals surface area contributed by atoms with Gasteiger partial charge in [0.2, 0.25) is 0 Å². The predicted molar refractivity (Wildman–Crippen MR) is 119 cm³/mol. The SMILES string of the molecule is CCN1CCCC1CNC(=O)c1cn(-c2ccc(OC)cc2)c(=O)c2ccccc12. The average molecular weight is 405 g/mol. The number of pyridine rings is 1. The van der Waals surface area contributed by atoms with Crippen LogP contribution in [0.4, 0.5) is 0 Å². The molecule has 156 valence electrons. The molecule has 2 heterocycles. The molecule has 1 fully saturated rings. The van der Waals surface area contributed by atoms with Crippen LogP contribution in [0.15, 0.2) is 59.5 Å². The fourth-order valence-electron chi connectivity index (χ4n) is 4.26. The summed E-state index contributed by atoms with van der Waals surface area (Å²) in [5.74, 6) is 0.555. The predicted octanol–water partition coefficient (Wildman–Crippen LogP) is 3.21. The molecule has 2 aromatic carbocycles. The number of carbonyl (C=O) groups is 1. The minimum Gasteiger partial charge on any atom is -0.497 e. The lowest BCUT2D eigenvalue weighted by Gasteiger charge is -2.23. The molecule has 1 aliphatic rings. The van der Waals surface area contributed by atoms with Crippen molar-refractivity contribution in [2.75, 3.05) is 26.7 Å². The third-order valence-electron chi connectivity index (χ3n) is 5.92. The van der Waals surface area contributed by atoms with Crippen molar-refractivity contribution in [1.29, 1.82) is 0 Å². The van der Waals surface area contributed by atoms with E-state index in [1.165, 1.54) is 11.0 Å². The first kappa shape index (κ1) is 20.2. The second-order valence-corrected chi connectivity index (χ2v) is 7.60. The molecule has 1 unspecified atom stereocenters. The van der Waals surface area contributed by atoms with Crippen LogP contribution >= 0.6 is 0 Å². The molecule has 1 amide bonds. The van der Waals surface area contributed by atoms with E-state index in [0.717, 1.165) is 19.5 Å². The Kier molecular flexibility index (Phi) is 5.86. The van der Waals surface area contributed by atoms with Gasteiger partial charge in [-0.2, -0.15) is 0 Å². The normalized spacial score (nSPS) is 16.7. The van der Waals surface area contributed by atoms with Gasteiger partial charge in [-0.1, -0.05) is 25.1 Å². The summed E-state index contributed by atoms with van der Waals surface area (Å²) in [5, 5.41) is 4.29. The van der Waals surface area contributed by atoms with Crippen molar-refractivity contribution < 1.29 is 9.53 Å². The largest absolute Gasteiger partial charge is 0.497 e. The van der Waals surface area contributed by atoms with Gasteiger partial charge in [-0.3, -0.25) is 19.1 Å². The van der Waals surface area contributed by atoms with Crippen molar-refractivity contribution >= 4 is 16.7 Å². The highest BCUT2D eigenvalue weighted by Crippen LogP contribution is 2.20. The Labute approximate surface area is 176 Å². The summed E-state index contributed by atoms with van der Waals surface area (Å²) in [6, 6.07) is 14.9. The van der Waals surface area contributed by atoms with Crippen LogP contribution in [0.25, 0.3) is 16.5 Å². The summed E-state index contributed by atoms with van der Waals surface area (Å²) in [4.78, 5) is 28.6. The van der Waals surface area contributed by atoms with Crippen molar-refractivity contribution in [2.45, 2.75) is 25.8 Å². The zero-order valence-corrected chi connectivity index (χ0v) is 17.4. The molecule has 0 bridgehead atoms. The third-order valence-corrected chi connectivity index (χ3v) is 5.92. The molecule has 1 saturated heterocycles. The standard InChI is InChI=1S/C24H27N3O3/c1-3-26-14-6-7-18(26)15-25-23(28)22-16-27(17-10-12-19(30-2)13-11-17)24(29)21-9-5-4-8-20(21)22/h4-5,8-13,16,18H,3,6-7,14-15H2,1-2H3,(H,25,28). The minimum absolute atomic E-state index is 0.153. The highest BCUT2D eigenvalue weighted by Gasteiger charge is 2.24. The number of hydrogen-bond acceptors (Lipinski definition) is 4. The number of methoxy groups -OCH3 is 1. The van der Waals surface area contributed by atoms with Crippen LogP contribution in [-0.4, -0.2) is 48.2 Å². The van der Waals surface area contributed by atoms with Crippen LogP contribution in [0.3, 0.4) is 0 Å². The van der Waals surface area contributed by atoms with Crippen LogP contribution in [0.1, 0.15) is 30.1 Å². The monoisotopic (exact) mass is 405 g/mol. The van der Waals surface area contributed by atoms with E-state index < -0.39 is 0 Å². The molecular formula is C24H27N3O3. The lowest BCUT2D eigenvalue weighted by Crippen LogP contribution is -2.40. The fraction of sp³-hybridized carbons (Fsp3) is 0.333. The van der Waals surface area contributed by atoms with Gasteiger partial charge in [0.15, 0.2) is 0 Å². The van der Waals surface area contributed by atoms with Gasteiger partial charge in [-0.05, 0) is 56.3 Å². The van der Waals surface area contributed by atoms with Crippen LogP contribution in [0.2, 0.25) is 0 Å². The highest BCUT2D eigenvalue weighted by molar-refractivity contribution is 6.06. The van der Waals surface area contributed by atoms with Crippen LogP contribution in [-0.2, 0) is 0 Å². The quantitative estimate of drug-likeness (QED) is 0.684. The van der Waals surface area contributed by atoms with E-state index in [4.69, 9.17) is 4.74 Å². The van der Waals surface area contributed by atoms with E-state index in [1.54, 1.807) is 31.5 Å². The summed E-state index contributed by atoms with van der Waals surface area (Å²) in [7, 11) is 1.60. The number of hydrogen-bond donors (Lipinski definition) is 1. The number of carbonyl (C=O) groups excluding carboxylic acids is 1. The molecule has 1 aliphatic heterocycles. The van der Waals surface area contributed by atoms with Gasteiger partial charge in [0.05, 0.1) is 12.7 Å². The van der Waals surface area contributed by atoms with Gasteiger partial charge in [-0.25, -0.2) is 0 Å². The van der Waals surface area contributed by atoms with Crippen LogP contribution in [0, 0.1) is 0 Å². The number of nitrogens with zero attached hydrogens (tertiary/aromatic N) is 2. The second kappa shape index (κ2) is 8.71. The highest BCUT2D eigenvalue weighted by atomic mass is 16.5. The first-order valence-corrected chi connectivity index (χ1v) is 10.4. The molecule has 0 aliphatic carbocycles. The zero-order valence-electron chi connectivity index (χ0n) is 17.4. The molecule has 6 nitrogen and oxygen atoms in total. The molecule has 0 saturated carbocycles. The van der Waals surface area contributed by atoms with Gasteiger partial charge >= 0.3 is 0 Å². The summed E-state index contributed by atoms with van der Waals surface area (Å²) >= 11 is 0. The zero-order chi connectivity index (χ0) is 21.1. The Bertz CT molecular complexity index is 1100. The minimum atomic E-state index is -0.156. The lowest BCUT2D eigenvalue weighted by molar-refractivity contribution is 0.0942. The molecule has 0 radical (unpaired) electrons. The van der Waals surface area contributed by atoms with Gasteiger partial charge in [0, 0.05) is 35.2 Å². The summed E-state index contributed by atoms with van der Waals surface area (Å²) in [5.41, 5.74) is 1.04. The number of rotatable bonds is 6. The van der Waals surface area contributed by atoms with Gasteiger partial charge in [-0.15, -0.1) is 0 Å². The topological polar surface area (TPSA) is 63.6 Å². The number of benzene rings is 2. The Hall–Kier alpha value is -3.12. The number of ether oxygens (including phenoxy) is 1. The van der Waals surface area contributed by atoms with Gasteiger partial charge in [0.25, 0.3) is 11.5 Å².